The highest BCUT2D eigenvalue weighted by atomic mass is 35.5. The molecule has 2 aromatic carbocycles. The van der Waals surface area contributed by atoms with E-state index in [-0.39, 0.29) is 16.4 Å². The van der Waals surface area contributed by atoms with Gasteiger partial charge in [-0.1, -0.05) is 54.1 Å². The Kier molecular flexibility index (Phi) is 4.68. The van der Waals surface area contributed by atoms with Crippen LogP contribution in [0.2, 0.25) is 0 Å². The normalized spacial score (nSPS) is 11.0. The molecule has 0 bridgehead atoms. The molecule has 0 atom stereocenters. The molecule has 0 fully saturated rings. The summed E-state index contributed by atoms with van der Waals surface area (Å²) >= 11 is 5.84. The number of hydrogen-bond donors (Lipinski definition) is 2. The molecule has 0 radical (unpaired) electrons. The molecule has 0 spiro atoms. The van der Waals surface area contributed by atoms with Crippen molar-refractivity contribution in [2.45, 2.75) is 0 Å². The number of hydrogen-bond acceptors (Lipinski definition) is 4. The number of carboxylic acids is 1. The zero-order valence-corrected chi connectivity index (χ0v) is 11.5. The van der Waals surface area contributed by atoms with E-state index >= 15 is 0 Å². The van der Waals surface area contributed by atoms with Gasteiger partial charge in [0, 0.05) is 5.56 Å². The fraction of sp³-hybridized carbons (Fsp3) is 0. The summed E-state index contributed by atoms with van der Waals surface area (Å²) in [5, 5.41) is 12.5. The quantitative estimate of drug-likeness (QED) is 0.505. The summed E-state index contributed by atoms with van der Waals surface area (Å²) in [6.45, 7) is 0. The molecule has 6 heteroatoms. The van der Waals surface area contributed by atoms with Crippen molar-refractivity contribution in [1.82, 2.24) is 0 Å². The van der Waals surface area contributed by atoms with E-state index in [1.54, 1.807) is 42.5 Å². The third kappa shape index (κ3) is 3.67. The number of ketones is 1. The topological polar surface area (TPSA) is 78.8 Å². The first-order chi connectivity index (χ1) is 10.1. The summed E-state index contributed by atoms with van der Waals surface area (Å²) in [6, 6.07) is 14.6. The molecule has 0 unspecified atom stereocenters. The summed E-state index contributed by atoms with van der Waals surface area (Å²) in [5.41, 5.74) is 3.20. The van der Waals surface area contributed by atoms with Crippen LogP contribution in [-0.4, -0.2) is 22.0 Å². The highest BCUT2D eigenvalue weighted by molar-refractivity contribution is 6.85. The molecular weight excluding hydrogens is 292 g/mol. The van der Waals surface area contributed by atoms with E-state index in [9.17, 15) is 9.59 Å². The van der Waals surface area contributed by atoms with Crippen LogP contribution in [0.25, 0.3) is 0 Å². The molecule has 0 heterocycles. The van der Waals surface area contributed by atoms with Gasteiger partial charge in [-0.15, -0.1) is 0 Å². The van der Waals surface area contributed by atoms with Crippen LogP contribution in [0.15, 0.2) is 59.7 Å². The van der Waals surface area contributed by atoms with E-state index in [1.807, 2.05) is 0 Å². The third-order valence-electron chi connectivity index (χ3n) is 2.66. The number of carbonyl (C=O) groups excluding carboxylic acids is 1. The van der Waals surface area contributed by atoms with E-state index in [2.05, 4.69) is 10.5 Å². The molecule has 2 aromatic rings. The van der Waals surface area contributed by atoms with Crippen molar-refractivity contribution in [1.29, 1.82) is 0 Å². The maximum atomic E-state index is 12.0. The minimum atomic E-state index is -1.10. The van der Waals surface area contributed by atoms with Crippen molar-refractivity contribution in [3.8, 4) is 0 Å². The number of anilines is 1. The van der Waals surface area contributed by atoms with Crippen LogP contribution >= 0.6 is 11.6 Å². The Balaban J connectivity index is 2.18. The lowest BCUT2D eigenvalue weighted by Gasteiger charge is -2.05. The summed E-state index contributed by atoms with van der Waals surface area (Å²) in [4.78, 5) is 23.0. The smallest absolute Gasteiger partial charge is 0.337 e. The molecule has 5 nitrogen and oxygen atoms in total. The zero-order chi connectivity index (χ0) is 15.2. The first-order valence-corrected chi connectivity index (χ1v) is 6.38. The third-order valence-corrected chi connectivity index (χ3v) is 2.91. The number of halogens is 1. The number of carboxylic acid groups (broad SMARTS) is 1. The highest BCUT2D eigenvalue weighted by Crippen LogP contribution is 2.15. The number of Topliss-reactive ketones (excluding diaryl/α,β-unsaturated/α-hetero) is 1. The summed E-state index contributed by atoms with van der Waals surface area (Å²) < 4.78 is 0. The lowest BCUT2D eigenvalue weighted by atomic mass is 10.1. The molecule has 0 aliphatic heterocycles. The van der Waals surface area contributed by atoms with Crippen LogP contribution in [0.3, 0.4) is 0 Å². The second-order valence-corrected chi connectivity index (χ2v) is 4.42. The Hall–Kier alpha value is -2.66. The average molecular weight is 303 g/mol. The zero-order valence-electron chi connectivity index (χ0n) is 10.8. The fourth-order valence-electron chi connectivity index (χ4n) is 1.64. The Labute approximate surface area is 125 Å². The van der Waals surface area contributed by atoms with Gasteiger partial charge in [0.25, 0.3) is 0 Å². The van der Waals surface area contributed by atoms with Crippen molar-refractivity contribution >= 4 is 34.2 Å². The van der Waals surface area contributed by atoms with E-state index in [4.69, 9.17) is 16.7 Å². The Bertz CT molecular complexity index is 699. The highest BCUT2D eigenvalue weighted by Gasteiger charge is 2.12. The van der Waals surface area contributed by atoms with Gasteiger partial charge in [-0.2, -0.15) is 5.10 Å². The van der Waals surface area contributed by atoms with Gasteiger partial charge in [0.15, 0.2) is 5.17 Å². The van der Waals surface area contributed by atoms with Gasteiger partial charge in [-0.25, -0.2) is 4.79 Å². The lowest BCUT2D eigenvalue weighted by molar-refractivity contribution is 0.0697. The van der Waals surface area contributed by atoms with Crippen molar-refractivity contribution in [2.75, 3.05) is 5.43 Å². The van der Waals surface area contributed by atoms with E-state index in [1.165, 1.54) is 12.1 Å². The molecular formula is C15H11ClN2O3. The summed E-state index contributed by atoms with van der Waals surface area (Å²) in [5.74, 6) is -1.55. The standard InChI is InChI=1S/C15H11ClN2O3/c16-14(13(19)10-6-2-1-3-7-10)18-17-12-9-5-4-8-11(12)15(20)21/h1-9,17H,(H,20,21)/b18-14+. The largest absolute Gasteiger partial charge is 0.478 e. The van der Waals surface area contributed by atoms with E-state index in [0.29, 0.717) is 5.56 Å². The number of hydrazone groups is 1. The van der Waals surface area contributed by atoms with Crippen LogP contribution < -0.4 is 5.43 Å². The maximum absolute atomic E-state index is 12.0. The van der Waals surface area contributed by atoms with E-state index in [0.717, 1.165) is 0 Å². The SMILES string of the molecule is O=C(/C(Cl)=N\Nc1ccccc1C(=O)O)c1ccccc1. The summed E-state index contributed by atoms with van der Waals surface area (Å²) in [7, 11) is 0. The molecule has 0 aromatic heterocycles. The molecule has 0 aliphatic carbocycles. The minimum absolute atomic E-state index is 0.0397. The molecule has 106 valence electrons. The molecule has 21 heavy (non-hydrogen) atoms. The van der Waals surface area contributed by atoms with Crippen LogP contribution in [0.1, 0.15) is 20.7 Å². The number of para-hydroxylation sites is 1. The second kappa shape index (κ2) is 6.67. The van der Waals surface area contributed by atoms with Crippen LogP contribution in [-0.2, 0) is 0 Å². The van der Waals surface area contributed by atoms with Crippen molar-refractivity contribution in [2.24, 2.45) is 5.10 Å². The number of benzene rings is 2. The van der Waals surface area contributed by atoms with Gasteiger partial charge in [-0.05, 0) is 12.1 Å². The Morgan fingerprint density at radius 1 is 1.00 bits per heavy atom. The number of nitrogens with one attached hydrogen (secondary N) is 1. The van der Waals surface area contributed by atoms with Crippen molar-refractivity contribution < 1.29 is 14.7 Å². The fourth-order valence-corrected chi connectivity index (χ4v) is 1.79. The first-order valence-electron chi connectivity index (χ1n) is 6.01. The Morgan fingerprint density at radius 3 is 2.29 bits per heavy atom. The van der Waals surface area contributed by atoms with Crippen LogP contribution in [0.5, 0.6) is 0 Å². The summed E-state index contributed by atoms with van der Waals surface area (Å²) in [6.07, 6.45) is 0. The molecule has 2 N–H and O–H groups in total. The maximum Gasteiger partial charge on any atom is 0.337 e. The number of nitrogens with zero attached hydrogens (tertiary/aromatic N) is 1. The minimum Gasteiger partial charge on any atom is -0.478 e. The predicted molar refractivity (Wildman–Crippen MR) is 81.1 cm³/mol. The molecule has 0 saturated carbocycles. The molecule has 0 amide bonds. The van der Waals surface area contributed by atoms with Gasteiger partial charge in [0.1, 0.15) is 0 Å². The monoisotopic (exact) mass is 302 g/mol. The number of rotatable bonds is 5. The van der Waals surface area contributed by atoms with E-state index < -0.39 is 11.8 Å². The van der Waals surface area contributed by atoms with Crippen molar-refractivity contribution in [3.63, 3.8) is 0 Å². The van der Waals surface area contributed by atoms with Crippen LogP contribution in [0, 0.1) is 0 Å². The van der Waals surface area contributed by atoms with Gasteiger partial charge >= 0.3 is 5.97 Å². The molecule has 0 saturated heterocycles. The van der Waals surface area contributed by atoms with Gasteiger partial charge in [0.05, 0.1) is 11.3 Å². The number of aromatic carboxylic acids is 1. The van der Waals surface area contributed by atoms with Gasteiger partial charge in [0.2, 0.25) is 5.78 Å². The van der Waals surface area contributed by atoms with Crippen LogP contribution in [0.4, 0.5) is 5.69 Å². The van der Waals surface area contributed by atoms with Gasteiger partial charge < -0.3 is 5.11 Å². The average Bonchev–Trinajstić information content (AvgIpc) is 2.52. The van der Waals surface area contributed by atoms with Crippen molar-refractivity contribution in [3.05, 3.63) is 65.7 Å². The second-order valence-electron chi connectivity index (χ2n) is 4.06. The molecule has 0 aliphatic rings. The number of carbonyl (C=O) groups is 2. The predicted octanol–water partition coefficient (Wildman–Crippen LogP) is 3.23. The Morgan fingerprint density at radius 2 is 1.62 bits per heavy atom. The van der Waals surface area contributed by atoms with Gasteiger partial charge in [-0.3, -0.25) is 10.2 Å². The molecule has 2 rings (SSSR count). The lowest BCUT2D eigenvalue weighted by Crippen LogP contribution is -2.11. The first kappa shape index (κ1) is 14.7.